The lowest BCUT2D eigenvalue weighted by atomic mass is 9.36. The average Bonchev–Trinajstić information content (AvgIpc) is 2.80. The summed E-state index contributed by atoms with van der Waals surface area (Å²) in [6, 6.07) is 0. The average molecular weight is 432 g/mol. The van der Waals surface area contributed by atoms with Gasteiger partial charge in [-0.15, -0.1) is 0 Å². The molecule has 3 saturated carbocycles. The first-order valence-corrected chi connectivity index (χ1v) is 11.0. The smallest absolute Gasteiger partial charge is 0.213 e. The molecule has 0 radical (unpaired) electrons. The van der Waals surface area contributed by atoms with Crippen molar-refractivity contribution in [2.45, 2.75) is 64.3 Å². The van der Waals surface area contributed by atoms with Crippen molar-refractivity contribution in [3.63, 3.8) is 0 Å². The Labute approximate surface area is 180 Å². The lowest BCUT2D eigenvalue weighted by Crippen LogP contribution is -2.88. The second-order valence-electron chi connectivity index (χ2n) is 11.1. The number of methoxy groups -OCH3 is 1. The number of hydrogen-bond donors (Lipinski definition) is 1. The molecule has 7 rings (SSSR count). The van der Waals surface area contributed by atoms with Crippen LogP contribution in [0.2, 0.25) is 0 Å². The van der Waals surface area contributed by atoms with Crippen LogP contribution in [-0.2, 0) is 33.3 Å². The Morgan fingerprint density at radius 2 is 1.81 bits per heavy atom. The highest BCUT2D eigenvalue weighted by Gasteiger charge is 2.91. The van der Waals surface area contributed by atoms with E-state index in [2.05, 4.69) is 0 Å². The molecule has 0 aromatic carbocycles. The van der Waals surface area contributed by atoms with Crippen LogP contribution in [0, 0.1) is 34.0 Å². The quantitative estimate of drug-likeness (QED) is 0.615. The highest BCUT2D eigenvalue weighted by atomic mass is 16.8. The summed E-state index contributed by atoms with van der Waals surface area (Å²) in [5.74, 6) is -5.85. The Morgan fingerprint density at radius 3 is 2.48 bits per heavy atom. The lowest BCUT2D eigenvalue weighted by Gasteiger charge is -2.75. The zero-order valence-corrected chi connectivity index (χ0v) is 18.4. The van der Waals surface area contributed by atoms with Gasteiger partial charge in [-0.05, 0) is 44.1 Å². The first kappa shape index (κ1) is 20.0. The van der Waals surface area contributed by atoms with Crippen LogP contribution < -0.4 is 0 Å². The minimum atomic E-state index is -1.74. The Morgan fingerprint density at radius 1 is 1.10 bits per heavy atom. The molecule has 0 aromatic heterocycles. The van der Waals surface area contributed by atoms with Gasteiger partial charge in [-0.1, -0.05) is 13.8 Å². The Hall–Kier alpha value is -1.61. The maximum atomic E-state index is 13.9. The van der Waals surface area contributed by atoms with Gasteiger partial charge in [-0.3, -0.25) is 14.4 Å². The SMILES string of the molecule is COC1=CC(C)(C)[C@H]2[C@H](O)C34OC[C@]2(C1=O)[C@@H]1CC[C@H]2C(=O)C(=O)[C@]13[C@@H]2OC(C)(C)O4. The fourth-order valence-corrected chi connectivity index (χ4v) is 8.37. The van der Waals surface area contributed by atoms with E-state index in [9.17, 15) is 19.5 Å². The third-order valence-electron chi connectivity index (χ3n) is 9.03. The van der Waals surface area contributed by atoms with Crippen LogP contribution in [-0.4, -0.2) is 60.0 Å². The van der Waals surface area contributed by atoms with Crippen LogP contribution in [0.3, 0.4) is 0 Å². The monoisotopic (exact) mass is 432 g/mol. The molecule has 6 fully saturated rings. The van der Waals surface area contributed by atoms with Crippen LogP contribution in [0.1, 0.15) is 40.5 Å². The maximum Gasteiger partial charge on any atom is 0.213 e. The first-order chi connectivity index (χ1) is 14.4. The second kappa shape index (κ2) is 5.30. The lowest BCUT2D eigenvalue weighted by molar-refractivity contribution is -0.522. The predicted molar refractivity (Wildman–Crippen MR) is 103 cm³/mol. The van der Waals surface area contributed by atoms with E-state index in [1.165, 1.54) is 7.11 Å². The molecular weight excluding hydrogens is 404 g/mol. The Balaban J connectivity index is 1.70. The third kappa shape index (κ3) is 1.78. The minimum absolute atomic E-state index is 0.000949. The molecule has 8 atom stereocenters. The molecule has 31 heavy (non-hydrogen) atoms. The fraction of sp³-hybridized carbons (Fsp3) is 0.783. The van der Waals surface area contributed by atoms with Crippen molar-refractivity contribution in [3.05, 3.63) is 11.8 Å². The van der Waals surface area contributed by atoms with E-state index in [1.807, 2.05) is 13.8 Å². The largest absolute Gasteiger partial charge is 0.493 e. The van der Waals surface area contributed by atoms with E-state index >= 15 is 0 Å². The summed E-state index contributed by atoms with van der Waals surface area (Å²) in [5.41, 5.74) is -3.39. The number of hydrogen-bond acceptors (Lipinski definition) is 8. The van der Waals surface area contributed by atoms with Crippen LogP contribution in [0.25, 0.3) is 0 Å². The van der Waals surface area contributed by atoms with Gasteiger partial charge in [-0.2, -0.15) is 0 Å². The van der Waals surface area contributed by atoms with E-state index in [0.717, 1.165) is 0 Å². The van der Waals surface area contributed by atoms with Crippen LogP contribution >= 0.6 is 0 Å². The van der Waals surface area contributed by atoms with E-state index in [-0.39, 0.29) is 18.1 Å². The number of fused-ring (bicyclic) bond motifs is 1. The molecule has 3 heterocycles. The van der Waals surface area contributed by atoms with Gasteiger partial charge in [-0.25, -0.2) is 0 Å². The molecule has 1 N–H and O–H groups in total. The number of ether oxygens (including phenoxy) is 4. The third-order valence-corrected chi connectivity index (χ3v) is 9.03. The summed E-state index contributed by atoms with van der Waals surface area (Å²) in [6.45, 7) is 7.32. The van der Waals surface area contributed by atoms with Crippen LogP contribution in [0.15, 0.2) is 11.8 Å². The van der Waals surface area contributed by atoms with Crippen molar-refractivity contribution in [1.29, 1.82) is 0 Å². The molecule has 8 heteroatoms. The van der Waals surface area contributed by atoms with Crippen molar-refractivity contribution in [1.82, 2.24) is 0 Å². The Bertz CT molecular complexity index is 980. The minimum Gasteiger partial charge on any atom is -0.493 e. The van der Waals surface area contributed by atoms with Gasteiger partial charge in [0.2, 0.25) is 23.1 Å². The molecule has 0 amide bonds. The first-order valence-electron chi connectivity index (χ1n) is 11.0. The summed E-state index contributed by atoms with van der Waals surface area (Å²) in [5, 5.41) is 11.9. The predicted octanol–water partition coefficient (Wildman–Crippen LogP) is 1.15. The maximum absolute atomic E-state index is 13.9. The van der Waals surface area contributed by atoms with Crippen molar-refractivity contribution < 1.29 is 38.4 Å². The standard InChI is InChI=1S/C23H28O8/c1-19(2)8-11(28-5)15(25)21-9-29-23(17(27)14(19)21)22-12(21)7-6-10(13(24)16(22)26)18(22)30-20(3,4)31-23/h8,10,12,14,17-18,27H,6-7,9H2,1-5H3/t10-,12-,14+,17-,18+,21-,22-,23?/m0/s1. The number of rotatable bonds is 1. The van der Waals surface area contributed by atoms with E-state index in [1.54, 1.807) is 19.9 Å². The molecule has 3 saturated heterocycles. The van der Waals surface area contributed by atoms with Crippen molar-refractivity contribution in [3.8, 4) is 0 Å². The number of aliphatic hydroxyl groups excluding tert-OH is 1. The van der Waals surface area contributed by atoms with Gasteiger partial charge in [0, 0.05) is 5.92 Å². The molecule has 4 aliphatic carbocycles. The molecule has 7 aliphatic rings. The molecule has 3 aliphatic heterocycles. The van der Waals surface area contributed by atoms with E-state index in [4.69, 9.17) is 18.9 Å². The van der Waals surface area contributed by atoms with Gasteiger partial charge in [0.05, 0.1) is 31.2 Å². The highest BCUT2D eigenvalue weighted by Crippen LogP contribution is 2.77. The van der Waals surface area contributed by atoms with Gasteiger partial charge in [0.1, 0.15) is 11.5 Å². The van der Waals surface area contributed by atoms with E-state index in [0.29, 0.717) is 12.8 Å². The van der Waals surface area contributed by atoms with Crippen LogP contribution in [0.4, 0.5) is 0 Å². The molecule has 4 bridgehead atoms. The number of ketones is 3. The molecule has 0 aromatic rings. The molecule has 3 spiro atoms. The molecular formula is C23H28O8. The van der Waals surface area contributed by atoms with Crippen LogP contribution in [0.5, 0.6) is 0 Å². The zero-order valence-electron chi connectivity index (χ0n) is 18.4. The summed E-state index contributed by atoms with van der Waals surface area (Å²) in [7, 11) is 1.45. The number of aliphatic hydroxyl groups is 1. The zero-order chi connectivity index (χ0) is 22.4. The highest BCUT2D eigenvalue weighted by molar-refractivity contribution is 6.43. The second-order valence-corrected chi connectivity index (χ2v) is 11.1. The van der Waals surface area contributed by atoms with Crippen molar-refractivity contribution in [2.75, 3.05) is 13.7 Å². The molecule has 8 nitrogen and oxygen atoms in total. The topological polar surface area (TPSA) is 108 Å². The normalized spacial score (nSPS) is 53.0. The summed E-state index contributed by atoms with van der Waals surface area (Å²) in [6.07, 6.45) is 0.603. The van der Waals surface area contributed by atoms with E-state index < -0.39 is 69.3 Å². The summed E-state index contributed by atoms with van der Waals surface area (Å²) in [4.78, 5) is 40.7. The number of allylic oxidation sites excluding steroid dienone is 2. The number of carbonyl (C=O) groups is 3. The van der Waals surface area contributed by atoms with Crippen molar-refractivity contribution >= 4 is 17.3 Å². The molecule has 168 valence electrons. The summed E-state index contributed by atoms with van der Waals surface area (Å²) < 4.78 is 24.3. The Kier molecular flexibility index (Phi) is 3.42. The fourth-order valence-electron chi connectivity index (χ4n) is 8.37. The van der Waals surface area contributed by atoms with Crippen molar-refractivity contribution in [2.24, 2.45) is 34.0 Å². The van der Waals surface area contributed by atoms with Gasteiger partial charge in [0.25, 0.3) is 0 Å². The molecule has 1 unspecified atom stereocenters. The van der Waals surface area contributed by atoms with Gasteiger partial charge < -0.3 is 24.1 Å². The van der Waals surface area contributed by atoms with Gasteiger partial charge in [0.15, 0.2) is 11.5 Å². The number of carbonyl (C=O) groups excluding carboxylic acids is 3. The van der Waals surface area contributed by atoms with Gasteiger partial charge >= 0.3 is 0 Å². The number of Topliss-reactive ketones (excluding diaryl/α,β-unsaturated/α-hetero) is 3. The summed E-state index contributed by atoms with van der Waals surface area (Å²) >= 11 is 0.